The second-order valence-corrected chi connectivity index (χ2v) is 8.21. The third kappa shape index (κ3) is 5.17. The Hall–Kier alpha value is -3.52. The van der Waals surface area contributed by atoms with Crippen molar-refractivity contribution >= 4 is 17.4 Å². The lowest BCUT2D eigenvalue weighted by Crippen LogP contribution is -2.32. The molecule has 2 aromatic rings. The summed E-state index contributed by atoms with van der Waals surface area (Å²) >= 11 is 0. The number of Topliss-reactive ketones (excluding diaryl/α,β-unsaturated/α-hetero) is 1. The third-order valence-corrected chi connectivity index (χ3v) is 5.71. The van der Waals surface area contributed by atoms with Gasteiger partial charge in [0.25, 0.3) is 11.7 Å². The van der Waals surface area contributed by atoms with Crippen LogP contribution in [0.1, 0.15) is 30.5 Å². The highest BCUT2D eigenvalue weighted by Gasteiger charge is 2.47. The Balaban J connectivity index is 2.15. The first-order valence-corrected chi connectivity index (χ1v) is 11.2. The fourth-order valence-electron chi connectivity index (χ4n) is 4.08. The van der Waals surface area contributed by atoms with E-state index < -0.39 is 17.7 Å². The van der Waals surface area contributed by atoms with E-state index in [1.807, 2.05) is 25.9 Å². The highest BCUT2D eigenvalue weighted by atomic mass is 16.5. The summed E-state index contributed by atoms with van der Waals surface area (Å²) in [7, 11) is 6.96. The minimum absolute atomic E-state index is 0.0190. The van der Waals surface area contributed by atoms with Gasteiger partial charge in [-0.05, 0) is 76.4 Å². The largest absolute Gasteiger partial charge is 0.507 e. The van der Waals surface area contributed by atoms with E-state index in [1.54, 1.807) is 49.6 Å². The molecule has 0 saturated carbocycles. The number of amides is 1. The number of likely N-dealkylation sites (tertiary alicyclic amines) is 1. The topological polar surface area (TPSA) is 88.5 Å². The van der Waals surface area contributed by atoms with Crippen molar-refractivity contribution < 1.29 is 28.9 Å². The second-order valence-electron chi connectivity index (χ2n) is 8.21. The molecule has 1 fully saturated rings. The molecule has 0 aliphatic carbocycles. The van der Waals surface area contributed by atoms with Crippen molar-refractivity contribution in [2.24, 2.45) is 0 Å². The molecule has 8 nitrogen and oxygen atoms in total. The minimum atomic E-state index is -0.821. The zero-order valence-electron chi connectivity index (χ0n) is 20.3. The summed E-state index contributed by atoms with van der Waals surface area (Å²) in [4.78, 5) is 29.9. The summed E-state index contributed by atoms with van der Waals surface area (Å²) < 4.78 is 16.4. The predicted octanol–water partition coefficient (Wildman–Crippen LogP) is 3.48. The van der Waals surface area contributed by atoms with Gasteiger partial charge in [0.1, 0.15) is 23.0 Å². The lowest BCUT2D eigenvalue weighted by atomic mass is 9.94. The Bertz CT molecular complexity index is 1060. The van der Waals surface area contributed by atoms with Gasteiger partial charge in [0, 0.05) is 17.7 Å². The highest BCUT2D eigenvalue weighted by molar-refractivity contribution is 6.46. The Morgan fingerprint density at radius 2 is 1.71 bits per heavy atom. The number of rotatable bonds is 10. The van der Waals surface area contributed by atoms with Crippen LogP contribution in [0.5, 0.6) is 17.2 Å². The molecule has 1 N–H and O–H groups in total. The molecule has 0 aromatic heterocycles. The molecule has 2 aromatic carbocycles. The Kier molecular flexibility index (Phi) is 8.17. The maximum absolute atomic E-state index is 13.2. The number of hydrogen-bond acceptors (Lipinski definition) is 7. The van der Waals surface area contributed by atoms with Crippen LogP contribution in [0.15, 0.2) is 48.0 Å². The molecule has 1 amide bonds. The standard InChI is InChI=1S/C26H32N2O6/c1-6-34-18-10-8-17(9-11-18)24(29)22-23(20-16-19(32-4)12-13-21(20)33-5)28(26(31)25(22)30)15-7-14-27(2)3/h8-13,16,23,29H,6-7,14-15H2,1-5H3/t23-/m0/s1. The molecular formula is C26H32N2O6. The molecule has 1 saturated heterocycles. The van der Waals surface area contributed by atoms with E-state index >= 15 is 0 Å². The summed E-state index contributed by atoms with van der Waals surface area (Å²) in [6, 6.07) is 11.1. The quantitative estimate of drug-likeness (QED) is 0.324. The molecule has 0 unspecified atom stereocenters. The van der Waals surface area contributed by atoms with Gasteiger partial charge < -0.3 is 29.1 Å². The number of benzene rings is 2. The number of ketones is 1. The maximum atomic E-state index is 13.2. The average molecular weight is 469 g/mol. The van der Waals surface area contributed by atoms with Gasteiger partial charge in [0.15, 0.2) is 0 Å². The van der Waals surface area contributed by atoms with Crippen LogP contribution >= 0.6 is 0 Å². The van der Waals surface area contributed by atoms with Crippen molar-refractivity contribution in [2.75, 3.05) is 48.0 Å². The number of aliphatic hydroxyl groups excluding tert-OH is 1. The second kappa shape index (κ2) is 11.1. The number of ether oxygens (including phenoxy) is 3. The van der Waals surface area contributed by atoms with Crippen molar-refractivity contribution in [1.82, 2.24) is 9.80 Å². The van der Waals surface area contributed by atoms with Crippen molar-refractivity contribution in [3.05, 3.63) is 59.2 Å². The van der Waals surface area contributed by atoms with Gasteiger partial charge in [-0.25, -0.2) is 0 Å². The van der Waals surface area contributed by atoms with E-state index in [-0.39, 0.29) is 11.3 Å². The third-order valence-electron chi connectivity index (χ3n) is 5.71. The number of hydrogen-bond donors (Lipinski definition) is 1. The van der Waals surface area contributed by atoms with Crippen LogP contribution in [-0.2, 0) is 9.59 Å². The lowest BCUT2D eigenvalue weighted by molar-refractivity contribution is -0.140. The summed E-state index contributed by atoms with van der Waals surface area (Å²) in [5.74, 6) is 0.0615. The zero-order valence-corrected chi connectivity index (χ0v) is 20.3. The first kappa shape index (κ1) is 25.1. The predicted molar refractivity (Wildman–Crippen MR) is 129 cm³/mol. The van der Waals surface area contributed by atoms with Crippen molar-refractivity contribution in [1.29, 1.82) is 0 Å². The molecule has 8 heteroatoms. The van der Waals surface area contributed by atoms with Crippen LogP contribution in [-0.4, -0.2) is 74.6 Å². The molecule has 0 bridgehead atoms. The number of carbonyl (C=O) groups is 2. The van der Waals surface area contributed by atoms with Crippen LogP contribution in [0.4, 0.5) is 0 Å². The molecule has 3 rings (SSSR count). The van der Waals surface area contributed by atoms with Crippen LogP contribution in [0.3, 0.4) is 0 Å². The van der Waals surface area contributed by atoms with Gasteiger partial charge in [-0.15, -0.1) is 0 Å². The number of nitrogens with zero attached hydrogens (tertiary/aromatic N) is 2. The van der Waals surface area contributed by atoms with Gasteiger partial charge in [0.2, 0.25) is 0 Å². The van der Waals surface area contributed by atoms with Gasteiger partial charge in [-0.1, -0.05) is 0 Å². The van der Waals surface area contributed by atoms with Crippen LogP contribution in [0.2, 0.25) is 0 Å². The highest BCUT2D eigenvalue weighted by Crippen LogP contribution is 2.44. The molecular weight excluding hydrogens is 436 g/mol. The van der Waals surface area contributed by atoms with Gasteiger partial charge in [-0.2, -0.15) is 0 Å². The van der Waals surface area contributed by atoms with Crippen molar-refractivity contribution in [2.45, 2.75) is 19.4 Å². The van der Waals surface area contributed by atoms with Crippen molar-refractivity contribution in [3.8, 4) is 17.2 Å². The summed E-state index contributed by atoms with van der Waals surface area (Å²) in [6.07, 6.45) is 0.659. The van der Waals surface area contributed by atoms with E-state index in [0.717, 1.165) is 6.54 Å². The Morgan fingerprint density at radius 1 is 1.03 bits per heavy atom. The molecule has 0 spiro atoms. The van der Waals surface area contributed by atoms with E-state index in [1.165, 1.54) is 12.0 Å². The van der Waals surface area contributed by atoms with E-state index in [4.69, 9.17) is 14.2 Å². The van der Waals surface area contributed by atoms with Crippen LogP contribution in [0, 0.1) is 0 Å². The maximum Gasteiger partial charge on any atom is 0.295 e. The number of aliphatic hydroxyl groups is 1. The lowest BCUT2D eigenvalue weighted by Gasteiger charge is -2.27. The van der Waals surface area contributed by atoms with E-state index in [9.17, 15) is 14.7 Å². The molecule has 182 valence electrons. The SMILES string of the molecule is CCOc1ccc(C(O)=C2C(=O)C(=O)N(CCCN(C)C)[C@H]2c2cc(OC)ccc2OC)cc1. The molecule has 0 radical (unpaired) electrons. The average Bonchev–Trinajstić information content (AvgIpc) is 3.08. The zero-order chi connectivity index (χ0) is 24.8. The van der Waals surface area contributed by atoms with Gasteiger partial charge in [-0.3, -0.25) is 9.59 Å². The minimum Gasteiger partial charge on any atom is -0.507 e. The Labute approximate surface area is 200 Å². The number of methoxy groups -OCH3 is 2. The van der Waals surface area contributed by atoms with Crippen molar-refractivity contribution in [3.63, 3.8) is 0 Å². The summed E-state index contributed by atoms with van der Waals surface area (Å²) in [5.41, 5.74) is 1.01. The smallest absolute Gasteiger partial charge is 0.295 e. The molecule has 34 heavy (non-hydrogen) atoms. The van der Waals surface area contributed by atoms with E-state index in [0.29, 0.717) is 47.9 Å². The first-order valence-electron chi connectivity index (χ1n) is 11.2. The van der Waals surface area contributed by atoms with Gasteiger partial charge >= 0.3 is 0 Å². The van der Waals surface area contributed by atoms with Crippen LogP contribution < -0.4 is 14.2 Å². The van der Waals surface area contributed by atoms with E-state index in [2.05, 4.69) is 0 Å². The molecule has 1 aliphatic rings. The fraction of sp³-hybridized carbons (Fsp3) is 0.385. The summed E-state index contributed by atoms with van der Waals surface area (Å²) in [6.45, 7) is 3.48. The van der Waals surface area contributed by atoms with Crippen LogP contribution in [0.25, 0.3) is 5.76 Å². The Morgan fingerprint density at radius 3 is 2.29 bits per heavy atom. The molecule has 1 atom stereocenters. The summed E-state index contributed by atoms with van der Waals surface area (Å²) in [5, 5.41) is 11.2. The monoisotopic (exact) mass is 468 g/mol. The van der Waals surface area contributed by atoms with Gasteiger partial charge in [0.05, 0.1) is 32.4 Å². The first-order chi connectivity index (χ1) is 16.3. The molecule has 1 heterocycles. The normalized spacial score (nSPS) is 17.4. The fourth-order valence-corrected chi connectivity index (χ4v) is 4.08. The molecule has 1 aliphatic heterocycles. The number of carbonyl (C=O) groups excluding carboxylic acids is 2.